The largest absolute Gasteiger partial charge is 0.476 e. The average Bonchev–Trinajstić information content (AvgIpc) is 2.40. The van der Waals surface area contributed by atoms with Gasteiger partial charge in [-0.15, -0.1) is 11.3 Å². The third kappa shape index (κ3) is 0.932. The number of thiazole rings is 1. The first-order valence-electron chi connectivity index (χ1n) is 3.00. The van der Waals surface area contributed by atoms with Gasteiger partial charge in [0.1, 0.15) is 0 Å². The van der Waals surface area contributed by atoms with Crippen molar-refractivity contribution in [3.05, 3.63) is 15.6 Å². The fourth-order valence-corrected chi connectivity index (χ4v) is 1.69. The van der Waals surface area contributed by atoms with Crippen molar-refractivity contribution in [1.29, 1.82) is 0 Å². The lowest BCUT2D eigenvalue weighted by molar-refractivity contribution is 0.0696. The second-order valence-electron chi connectivity index (χ2n) is 2.10. The van der Waals surface area contributed by atoms with Gasteiger partial charge in [0.15, 0.2) is 0 Å². The number of carboxylic acid groups (broad SMARTS) is 1. The molecule has 11 heavy (non-hydrogen) atoms. The van der Waals surface area contributed by atoms with Gasteiger partial charge in [-0.3, -0.25) is 4.99 Å². The van der Waals surface area contributed by atoms with E-state index in [1.165, 1.54) is 11.3 Å². The smallest absolute Gasteiger partial charge is 0.365 e. The summed E-state index contributed by atoms with van der Waals surface area (Å²) < 4.78 is 0. The molecule has 0 fully saturated rings. The zero-order chi connectivity index (χ0) is 7.84. The molecule has 0 aliphatic carbocycles. The Morgan fingerprint density at radius 1 is 1.73 bits per heavy atom. The number of hydrogen-bond donors (Lipinski definition) is 1. The summed E-state index contributed by atoms with van der Waals surface area (Å²) in [5.74, 6) is -0.960. The zero-order valence-electron chi connectivity index (χ0n) is 5.44. The van der Waals surface area contributed by atoms with Crippen LogP contribution in [0.15, 0.2) is 4.99 Å². The molecule has 1 N–H and O–H groups in total. The molecule has 0 saturated heterocycles. The summed E-state index contributed by atoms with van der Waals surface area (Å²) in [4.78, 5) is 19.1. The Hall–Kier alpha value is -1.23. The van der Waals surface area contributed by atoms with Crippen molar-refractivity contribution >= 4 is 23.5 Å². The first-order valence-corrected chi connectivity index (χ1v) is 3.82. The fourth-order valence-electron chi connectivity index (χ4n) is 0.884. The molecular formula is C6H4N2O2S. The highest BCUT2D eigenvalue weighted by Crippen LogP contribution is 2.21. The fraction of sp³-hybridized carbons (Fsp3) is 0.167. The number of rotatable bonds is 1. The topological polar surface area (TPSA) is 62.5 Å². The van der Waals surface area contributed by atoms with Gasteiger partial charge in [0.2, 0.25) is 5.01 Å². The maximum atomic E-state index is 10.4. The number of aromatic nitrogens is 1. The third-order valence-corrected chi connectivity index (χ3v) is 2.38. The molecule has 0 unspecified atom stereocenters. The summed E-state index contributed by atoms with van der Waals surface area (Å²) in [6, 6.07) is 0. The summed E-state index contributed by atoms with van der Waals surface area (Å²) in [6.07, 6.45) is 1.67. The molecule has 56 valence electrons. The van der Waals surface area contributed by atoms with Crippen LogP contribution >= 0.6 is 11.3 Å². The minimum atomic E-state index is -0.960. The predicted octanol–water partition coefficient (Wildman–Crippen LogP) is 0.774. The molecule has 1 aliphatic rings. The SMILES string of the molecule is O=C(O)c1nc2c(s1)C=NC2. The van der Waals surface area contributed by atoms with Crippen LogP contribution in [-0.2, 0) is 6.54 Å². The molecule has 0 amide bonds. The number of fused-ring (bicyclic) bond motifs is 1. The number of aliphatic imine (C=N–C) groups is 1. The van der Waals surface area contributed by atoms with Gasteiger partial charge in [-0.05, 0) is 0 Å². The average molecular weight is 168 g/mol. The monoisotopic (exact) mass is 168 g/mol. The molecule has 0 radical (unpaired) electrons. The molecule has 0 atom stereocenters. The maximum Gasteiger partial charge on any atom is 0.365 e. The number of hydrogen-bond acceptors (Lipinski definition) is 4. The molecule has 0 spiro atoms. The van der Waals surface area contributed by atoms with E-state index >= 15 is 0 Å². The van der Waals surface area contributed by atoms with Gasteiger partial charge >= 0.3 is 5.97 Å². The molecular weight excluding hydrogens is 164 g/mol. The van der Waals surface area contributed by atoms with Crippen LogP contribution in [0, 0.1) is 0 Å². The van der Waals surface area contributed by atoms with Gasteiger partial charge < -0.3 is 5.11 Å². The Balaban J connectivity index is 2.49. The van der Waals surface area contributed by atoms with Crippen LogP contribution in [0.1, 0.15) is 20.4 Å². The quantitative estimate of drug-likeness (QED) is 0.673. The summed E-state index contributed by atoms with van der Waals surface area (Å²) in [6.45, 7) is 0.527. The Morgan fingerprint density at radius 2 is 2.55 bits per heavy atom. The van der Waals surface area contributed by atoms with Gasteiger partial charge in [-0.2, -0.15) is 0 Å². The molecule has 0 bridgehead atoms. The van der Waals surface area contributed by atoms with E-state index in [1.54, 1.807) is 6.21 Å². The molecule has 2 rings (SSSR count). The normalized spacial score (nSPS) is 13.5. The van der Waals surface area contributed by atoms with E-state index in [1.807, 2.05) is 0 Å². The summed E-state index contributed by atoms with van der Waals surface area (Å²) in [5, 5.41) is 8.70. The highest BCUT2D eigenvalue weighted by atomic mass is 32.1. The molecule has 4 nitrogen and oxygen atoms in total. The van der Waals surface area contributed by atoms with Gasteiger partial charge in [0.25, 0.3) is 0 Å². The van der Waals surface area contributed by atoms with Crippen molar-refractivity contribution in [2.45, 2.75) is 6.54 Å². The third-order valence-electron chi connectivity index (χ3n) is 1.36. The lowest BCUT2D eigenvalue weighted by Gasteiger charge is -1.81. The highest BCUT2D eigenvalue weighted by Gasteiger charge is 2.16. The van der Waals surface area contributed by atoms with Crippen LogP contribution in [0.25, 0.3) is 0 Å². The van der Waals surface area contributed by atoms with Crippen molar-refractivity contribution in [2.75, 3.05) is 0 Å². The minimum Gasteiger partial charge on any atom is -0.476 e. The van der Waals surface area contributed by atoms with Gasteiger partial charge in [-0.1, -0.05) is 0 Å². The molecule has 0 aromatic carbocycles. The van der Waals surface area contributed by atoms with Gasteiger partial charge in [0, 0.05) is 6.21 Å². The van der Waals surface area contributed by atoms with Crippen LogP contribution in [0.5, 0.6) is 0 Å². The Bertz CT molecular complexity index is 342. The van der Waals surface area contributed by atoms with Gasteiger partial charge in [0.05, 0.1) is 17.1 Å². The lowest BCUT2D eigenvalue weighted by atomic mass is 10.4. The number of nitrogens with zero attached hydrogens (tertiary/aromatic N) is 2. The molecule has 1 aromatic heterocycles. The van der Waals surface area contributed by atoms with E-state index in [9.17, 15) is 4.79 Å². The van der Waals surface area contributed by atoms with E-state index in [-0.39, 0.29) is 5.01 Å². The summed E-state index contributed by atoms with van der Waals surface area (Å²) in [7, 11) is 0. The van der Waals surface area contributed by atoms with Crippen LogP contribution in [0.3, 0.4) is 0 Å². The Kier molecular flexibility index (Phi) is 1.25. The predicted molar refractivity (Wildman–Crippen MR) is 40.4 cm³/mol. The van der Waals surface area contributed by atoms with E-state index in [0.29, 0.717) is 6.54 Å². The molecule has 1 aliphatic heterocycles. The van der Waals surface area contributed by atoms with Crippen LogP contribution < -0.4 is 0 Å². The number of aromatic carboxylic acids is 1. The highest BCUT2D eigenvalue weighted by molar-refractivity contribution is 7.15. The number of carbonyl (C=O) groups is 1. The second kappa shape index (κ2) is 2.13. The zero-order valence-corrected chi connectivity index (χ0v) is 6.26. The van der Waals surface area contributed by atoms with Crippen molar-refractivity contribution in [3.63, 3.8) is 0 Å². The Morgan fingerprint density at radius 3 is 3.18 bits per heavy atom. The van der Waals surface area contributed by atoms with E-state index in [0.717, 1.165) is 10.6 Å². The molecule has 0 saturated carbocycles. The van der Waals surface area contributed by atoms with Gasteiger partial charge in [-0.25, -0.2) is 9.78 Å². The summed E-state index contributed by atoms with van der Waals surface area (Å²) in [5.41, 5.74) is 0.785. The van der Waals surface area contributed by atoms with E-state index in [2.05, 4.69) is 9.98 Å². The van der Waals surface area contributed by atoms with Crippen LogP contribution in [-0.4, -0.2) is 22.3 Å². The molecule has 2 heterocycles. The maximum absolute atomic E-state index is 10.4. The first kappa shape index (κ1) is 6.48. The van der Waals surface area contributed by atoms with E-state index < -0.39 is 5.97 Å². The van der Waals surface area contributed by atoms with Crippen molar-refractivity contribution in [2.24, 2.45) is 4.99 Å². The first-order chi connectivity index (χ1) is 5.27. The van der Waals surface area contributed by atoms with Crippen molar-refractivity contribution in [1.82, 2.24) is 4.98 Å². The summed E-state index contributed by atoms with van der Waals surface area (Å²) >= 11 is 1.17. The molecule has 5 heteroatoms. The standard InChI is InChI=1S/C6H4N2O2S/c9-6(10)5-8-3-1-7-2-4(3)11-5/h2H,1H2,(H,9,10). The molecule has 1 aromatic rings. The lowest BCUT2D eigenvalue weighted by Crippen LogP contribution is -1.94. The van der Waals surface area contributed by atoms with Crippen LogP contribution in [0.4, 0.5) is 0 Å². The second-order valence-corrected chi connectivity index (χ2v) is 3.14. The van der Waals surface area contributed by atoms with Crippen LogP contribution in [0.2, 0.25) is 0 Å². The minimum absolute atomic E-state index is 0.154. The van der Waals surface area contributed by atoms with E-state index in [4.69, 9.17) is 5.11 Å². The van der Waals surface area contributed by atoms with Crippen molar-refractivity contribution < 1.29 is 9.90 Å². The number of carboxylic acids is 1. The Labute approximate surface area is 66.2 Å². The van der Waals surface area contributed by atoms with Crippen molar-refractivity contribution in [3.8, 4) is 0 Å².